The molecule has 0 unspecified atom stereocenters. The van der Waals surface area contributed by atoms with Gasteiger partial charge in [0, 0.05) is 29.9 Å². The molecule has 1 aromatic rings. The Kier molecular flexibility index (Phi) is 11.3. The van der Waals surface area contributed by atoms with Gasteiger partial charge in [-0.1, -0.05) is 34.8 Å². The standard InChI is InChI=1S/C22H34BrN3O2/c1-2-3-14-24-15-6-4-5-7-18-28-21-12-16-26(17-13-21)22(27)25-20-10-8-19(23)9-11-20/h2,8-11,21,24H,1,3-7,12-18H2,(H,25,27). The summed E-state index contributed by atoms with van der Waals surface area (Å²) in [6.45, 7) is 8.19. The molecule has 1 fully saturated rings. The Hall–Kier alpha value is -1.37. The summed E-state index contributed by atoms with van der Waals surface area (Å²) >= 11 is 3.40. The minimum Gasteiger partial charge on any atom is -0.378 e. The molecule has 0 aliphatic carbocycles. The first-order chi connectivity index (χ1) is 13.7. The Morgan fingerprint density at radius 2 is 1.86 bits per heavy atom. The minimum absolute atomic E-state index is 0.0255. The molecule has 0 saturated carbocycles. The normalized spacial score (nSPS) is 14.8. The van der Waals surface area contributed by atoms with Crippen LogP contribution in [0, 0.1) is 0 Å². The number of amides is 2. The monoisotopic (exact) mass is 451 g/mol. The van der Waals surface area contributed by atoms with Gasteiger partial charge in [-0.2, -0.15) is 0 Å². The summed E-state index contributed by atoms with van der Waals surface area (Å²) in [5, 5.41) is 6.37. The van der Waals surface area contributed by atoms with Gasteiger partial charge < -0.3 is 20.3 Å². The first-order valence-corrected chi connectivity index (χ1v) is 11.2. The fourth-order valence-electron chi connectivity index (χ4n) is 3.25. The van der Waals surface area contributed by atoms with E-state index in [1.165, 1.54) is 19.3 Å². The summed E-state index contributed by atoms with van der Waals surface area (Å²) < 4.78 is 7.02. The van der Waals surface area contributed by atoms with Crippen LogP contribution in [0.15, 0.2) is 41.4 Å². The number of unbranched alkanes of at least 4 members (excludes halogenated alkanes) is 3. The molecule has 0 radical (unpaired) electrons. The Morgan fingerprint density at radius 1 is 1.14 bits per heavy atom. The van der Waals surface area contributed by atoms with Crippen LogP contribution in [-0.2, 0) is 4.74 Å². The van der Waals surface area contributed by atoms with E-state index in [0.717, 1.165) is 68.6 Å². The molecule has 1 heterocycles. The summed E-state index contributed by atoms with van der Waals surface area (Å²) in [4.78, 5) is 14.2. The van der Waals surface area contributed by atoms with E-state index < -0.39 is 0 Å². The summed E-state index contributed by atoms with van der Waals surface area (Å²) in [5.41, 5.74) is 0.822. The molecule has 1 aliphatic heterocycles. The number of nitrogens with one attached hydrogen (secondary N) is 2. The van der Waals surface area contributed by atoms with Crippen LogP contribution in [0.25, 0.3) is 0 Å². The molecule has 5 nitrogen and oxygen atoms in total. The smallest absolute Gasteiger partial charge is 0.321 e. The van der Waals surface area contributed by atoms with Crippen LogP contribution in [-0.4, -0.2) is 49.8 Å². The molecule has 1 saturated heterocycles. The number of likely N-dealkylation sites (tertiary alicyclic amines) is 1. The highest BCUT2D eigenvalue weighted by Crippen LogP contribution is 2.18. The van der Waals surface area contributed by atoms with Gasteiger partial charge in [-0.25, -0.2) is 4.79 Å². The Balaban J connectivity index is 1.48. The number of carbonyl (C=O) groups excluding carboxylic acids is 1. The van der Waals surface area contributed by atoms with Gasteiger partial charge in [0.1, 0.15) is 0 Å². The molecular formula is C22H34BrN3O2. The number of halogens is 1. The molecule has 1 aliphatic rings. The van der Waals surface area contributed by atoms with Crippen LogP contribution in [0.1, 0.15) is 44.9 Å². The number of ether oxygens (including phenoxy) is 1. The van der Waals surface area contributed by atoms with Crippen molar-refractivity contribution in [2.45, 2.75) is 51.0 Å². The van der Waals surface area contributed by atoms with E-state index in [-0.39, 0.29) is 12.1 Å². The van der Waals surface area contributed by atoms with E-state index in [1.807, 2.05) is 35.2 Å². The number of benzene rings is 1. The number of anilines is 1. The summed E-state index contributed by atoms with van der Waals surface area (Å²) in [6, 6.07) is 7.62. The number of hydrogen-bond acceptors (Lipinski definition) is 3. The maximum atomic E-state index is 12.4. The summed E-state index contributed by atoms with van der Waals surface area (Å²) in [6.07, 6.45) is 9.93. The second-order valence-electron chi connectivity index (χ2n) is 7.24. The van der Waals surface area contributed by atoms with E-state index in [2.05, 4.69) is 33.1 Å². The first-order valence-electron chi connectivity index (χ1n) is 10.4. The van der Waals surface area contributed by atoms with Gasteiger partial charge >= 0.3 is 6.03 Å². The maximum Gasteiger partial charge on any atom is 0.321 e. The van der Waals surface area contributed by atoms with Crippen molar-refractivity contribution in [3.8, 4) is 0 Å². The van der Waals surface area contributed by atoms with E-state index in [0.29, 0.717) is 0 Å². The second kappa shape index (κ2) is 13.7. The lowest BCUT2D eigenvalue weighted by Crippen LogP contribution is -2.43. The van der Waals surface area contributed by atoms with Crippen molar-refractivity contribution in [2.75, 3.05) is 38.1 Å². The molecule has 156 valence electrons. The minimum atomic E-state index is -0.0255. The number of piperidine rings is 1. The van der Waals surface area contributed by atoms with Gasteiger partial charge in [-0.15, -0.1) is 6.58 Å². The van der Waals surface area contributed by atoms with Gasteiger partial charge in [0.05, 0.1) is 6.10 Å². The third-order valence-corrected chi connectivity index (χ3v) is 5.48. The lowest BCUT2D eigenvalue weighted by atomic mass is 10.1. The van der Waals surface area contributed by atoms with Crippen LogP contribution < -0.4 is 10.6 Å². The fourth-order valence-corrected chi connectivity index (χ4v) is 3.51. The summed E-state index contributed by atoms with van der Waals surface area (Å²) in [5.74, 6) is 0. The molecule has 0 spiro atoms. The topological polar surface area (TPSA) is 53.6 Å². The van der Waals surface area contributed by atoms with Crippen LogP contribution in [0.5, 0.6) is 0 Å². The predicted molar refractivity (Wildman–Crippen MR) is 120 cm³/mol. The molecular weight excluding hydrogens is 418 g/mol. The van der Waals surface area contributed by atoms with Gasteiger partial charge in [0.25, 0.3) is 0 Å². The van der Waals surface area contributed by atoms with E-state index in [9.17, 15) is 4.79 Å². The van der Waals surface area contributed by atoms with Crippen molar-refractivity contribution in [3.05, 3.63) is 41.4 Å². The number of rotatable bonds is 12. The molecule has 2 N–H and O–H groups in total. The third-order valence-electron chi connectivity index (χ3n) is 4.95. The molecule has 2 rings (SSSR count). The SMILES string of the molecule is C=CCCNCCCCCCOC1CCN(C(=O)Nc2ccc(Br)cc2)CC1. The maximum absolute atomic E-state index is 12.4. The number of hydrogen-bond donors (Lipinski definition) is 2. The van der Waals surface area contributed by atoms with Crippen LogP contribution >= 0.6 is 15.9 Å². The zero-order valence-corrected chi connectivity index (χ0v) is 18.4. The molecule has 0 aromatic heterocycles. The van der Waals surface area contributed by atoms with E-state index >= 15 is 0 Å². The van der Waals surface area contributed by atoms with E-state index in [4.69, 9.17) is 4.74 Å². The molecule has 6 heteroatoms. The van der Waals surface area contributed by atoms with Crippen LogP contribution in [0.4, 0.5) is 10.5 Å². The van der Waals surface area contributed by atoms with Gasteiger partial charge in [0.15, 0.2) is 0 Å². The Bertz CT molecular complexity index is 572. The van der Waals surface area contributed by atoms with Crippen molar-refractivity contribution in [2.24, 2.45) is 0 Å². The van der Waals surface area contributed by atoms with Crippen molar-refractivity contribution in [1.82, 2.24) is 10.2 Å². The second-order valence-corrected chi connectivity index (χ2v) is 8.15. The fraction of sp³-hybridized carbons (Fsp3) is 0.591. The van der Waals surface area contributed by atoms with Crippen molar-refractivity contribution in [1.29, 1.82) is 0 Å². The number of carbonyl (C=O) groups is 1. The number of nitrogens with zero attached hydrogens (tertiary/aromatic N) is 1. The van der Waals surface area contributed by atoms with Crippen LogP contribution in [0.2, 0.25) is 0 Å². The van der Waals surface area contributed by atoms with Gasteiger partial charge in [-0.05, 0) is 69.5 Å². The largest absolute Gasteiger partial charge is 0.378 e. The highest BCUT2D eigenvalue weighted by molar-refractivity contribution is 9.10. The summed E-state index contributed by atoms with van der Waals surface area (Å²) in [7, 11) is 0. The van der Waals surface area contributed by atoms with Crippen molar-refractivity contribution in [3.63, 3.8) is 0 Å². The van der Waals surface area contributed by atoms with Gasteiger partial charge in [-0.3, -0.25) is 0 Å². The molecule has 0 atom stereocenters. The average Bonchev–Trinajstić information content (AvgIpc) is 2.71. The Morgan fingerprint density at radius 3 is 2.57 bits per heavy atom. The zero-order chi connectivity index (χ0) is 20.0. The third kappa shape index (κ3) is 9.22. The molecule has 0 bridgehead atoms. The van der Waals surface area contributed by atoms with Crippen LogP contribution in [0.3, 0.4) is 0 Å². The predicted octanol–water partition coefficient (Wildman–Crippen LogP) is 5.19. The highest BCUT2D eigenvalue weighted by atomic mass is 79.9. The first kappa shape index (κ1) is 22.9. The molecule has 28 heavy (non-hydrogen) atoms. The van der Waals surface area contributed by atoms with Crippen molar-refractivity contribution < 1.29 is 9.53 Å². The van der Waals surface area contributed by atoms with Crippen molar-refractivity contribution >= 4 is 27.6 Å². The number of urea groups is 1. The van der Waals surface area contributed by atoms with Gasteiger partial charge in [0.2, 0.25) is 0 Å². The molecule has 2 amide bonds. The lowest BCUT2D eigenvalue weighted by Gasteiger charge is -2.32. The lowest BCUT2D eigenvalue weighted by molar-refractivity contribution is 0.0141. The zero-order valence-electron chi connectivity index (χ0n) is 16.8. The highest BCUT2D eigenvalue weighted by Gasteiger charge is 2.23. The average molecular weight is 452 g/mol. The Labute approximate surface area is 178 Å². The molecule has 1 aromatic carbocycles. The quantitative estimate of drug-likeness (QED) is 0.339. The van der Waals surface area contributed by atoms with E-state index in [1.54, 1.807) is 0 Å².